The van der Waals surface area contributed by atoms with E-state index < -0.39 is 46.1 Å². The Kier molecular flexibility index (Phi) is 3.79. The SMILES string of the molecule is COC12CC(CO)=CC3C4C(C)(C)C4(O)C(O)C(C)C3(O)C1C=C(C)C2=O. The van der Waals surface area contributed by atoms with Gasteiger partial charge in [-0.1, -0.05) is 32.9 Å². The number of hydrogen-bond acceptors (Lipinski definition) is 6. The Balaban J connectivity index is 1.97. The molecule has 0 heterocycles. The number of aliphatic hydroxyl groups is 4. The maximum absolute atomic E-state index is 13.1. The molecule has 0 aromatic rings. The molecule has 0 radical (unpaired) electrons. The van der Waals surface area contributed by atoms with Crippen LogP contribution in [0.25, 0.3) is 0 Å². The van der Waals surface area contributed by atoms with Gasteiger partial charge in [-0.2, -0.15) is 0 Å². The first-order chi connectivity index (χ1) is 12.4. The van der Waals surface area contributed by atoms with Gasteiger partial charge in [0.2, 0.25) is 0 Å². The summed E-state index contributed by atoms with van der Waals surface area (Å²) in [4.78, 5) is 13.1. The lowest BCUT2D eigenvalue weighted by Gasteiger charge is -2.52. The van der Waals surface area contributed by atoms with Gasteiger partial charge in [-0.05, 0) is 18.1 Å². The molecule has 4 N–H and O–H groups in total. The van der Waals surface area contributed by atoms with Crippen LogP contribution >= 0.6 is 0 Å². The average molecular weight is 378 g/mol. The third-order valence-electron chi connectivity index (χ3n) is 8.38. The lowest BCUT2D eigenvalue weighted by molar-refractivity contribution is -0.213. The summed E-state index contributed by atoms with van der Waals surface area (Å²) in [5.41, 5.74) is -3.54. The Labute approximate surface area is 159 Å². The fourth-order valence-electron chi connectivity index (χ4n) is 6.71. The maximum Gasteiger partial charge on any atom is 0.191 e. The monoisotopic (exact) mass is 378 g/mol. The molecule has 0 aliphatic heterocycles. The highest BCUT2D eigenvalue weighted by molar-refractivity contribution is 6.05. The smallest absolute Gasteiger partial charge is 0.191 e. The molecule has 4 aliphatic rings. The second kappa shape index (κ2) is 5.30. The van der Waals surface area contributed by atoms with Crippen molar-refractivity contribution in [1.29, 1.82) is 0 Å². The van der Waals surface area contributed by atoms with E-state index in [2.05, 4.69) is 0 Å². The van der Waals surface area contributed by atoms with Gasteiger partial charge in [-0.25, -0.2) is 0 Å². The van der Waals surface area contributed by atoms with Crippen LogP contribution in [-0.4, -0.2) is 62.8 Å². The van der Waals surface area contributed by atoms with Crippen molar-refractivity contribution in [2.24, 2.45) is 29.1 Å². The van der Waals surface area contributed by atoms with Crippen LogP contribution in [0.5, 0.6) is 0 Å². The fourth-order valence-corrected chi connectivity index (χ4v) is 6.71. The lowest BCUT2D eigenvalue weighted by Crippen LogP contribution is -2.65. The van der Waals surface area contributed by atoms with Gasteiger partial charge in [0.15, 0.2) is 5.78 Å². The van der Waals surface area contributed by atoms with Gasteiger partial charge >= 0.3 is 0 Å². The molecule has 6 heteroatoms. The van der Waals surface area contributed by atoms with Gasteiger partial charge in [-0.3, -0.25) is 4.79 Å². The maximum atomic E-state index is 13.1. The second-order valence-electron chi connectivity index (χ2n) is 9.58. The Bertz CT molecular complexity index is 769. The van der Waals surface area contributed by atoms with Crippen LogP contribution in [0.4, 0.5) is 0 Å². The number of aliphatic hydroxyl groups excluding tert-OH is 2. The van der Waals surface area contributed by atoms with E-state index in [0.29, 0.717) is 11.1 Å². The molecule has 27 heavy (non-hydrogen) atoms. The molecule has 2 fully saturated rings. The van der Waals surface area contributed by atoms with Crippen LogP contribution in [0.2, 0.25) is 0 Å². The summed E-state index contributed by atoms with van der Waals surface area (Å²) in [5.74, 6) is -2.43. The van der Waals surface area contributed by atoms with Crippen molar-refractivity contribution in [3.05, 3.63) is 23.3 Å². The van der Waals surface area contributed by atoms with Crippen LogP contribution in [-0.2, 0) is 9.53 Å². The van der Waals surface area contributed by atoms with Crippen molar-refractivity contribution in [3.63, 3.8) is 0 Å². The minimum atomic E-state index is -1.48. The number of methoxy groups -OCH3 is 1. The summed E-state index contributed by atoms with van der Waals surface area (Å²) in [6.45, 7) is 6.96. The average Bonchev–Trinajstić information content (AvgIpc) is 3.01. The number of carbonyl (C=O) groups is 1. The minimum absolute atomic E-state index is 0.185. The van der Waals surface area contributed by atoms with Crippen LogP contribution in [0.3, 0.4) is 0 Å². The van der Waals surface area contributed by atoms with Crippen molar-refractivity contribution in [2.45, 2.75) is 57.0 Å². The first kappa shape index (κ1) is 19.3. The van der Waals surface area contributed by atoms with E-state index in [0.717, 1.165) is 0 Å². The summed E-state index contributed by atoms with van der Waals surface area (Å²) in [6, 6.07) is 0. The number of rotatable bonds is 2. The molecule has 0 bridgehead atoms. The zero-order chi connectivity index (χ0) is 20.2. The van der Waals surface area contributed by atoms with Gasteiger partial charge in [0.05, 0.1) is 18.3 Å². The highest BCUT2D eigenvalue weighted by Gasteiger charge is 2.84. The largest absolute Gasteiger partial charge is 0.392 e. The topological polar surface area (TPSA) is 107 Å². The highest BCUT2D eigenvalue weighted by Crippen LogP contribution is 2.75. The fraction of sp³-hybridized carbons (Fsp3) is 0.762. The summed E-state index contributed by atoms with van der Waals surface area (Å²) in [5, 5.41) is 44.2. The van der Waals surface area contributed by atoms with Crippen molar-refractivity contribution >= 4 is 5.78 Å². The van der Waals surface area contributed by atoms with E-state index in [1.165, 1.54) is 7.11 Å². The lowest BCUT2D eigenvalue weighted by atomic mass is 9.59. The van der Waals surface area contributed by atoms with E-state index in [9.17, 15) is 25.2 Å². The van der Waals surface area contributed by atoms with Gasteiger partial charge in [0.1, 0.15) is 11.2 Å². The van der Waals surface area contributed by atoms with Crippen molar-refractivity contribution < 1.29 is 30.0 Å². The van der Waals surface area contributed by atoms with Crippen LogP contribution < -0.4 is 0 Å². The standard InChI is InChI=1S/C21H30O6/c1-10-6-14-19(27-5,16(10)23)8-12(9-22)7-13-15-18(3,4)21(15,26)17(24)11(2)20(13,14)25/h6-7,11,13-15,17,22,24-26H,8-9H2,1-5H3. The number of ketones is 1. The second-order valence-corrected chi connectivity index (χ2v) is 9.58. The third-order valence-corrected chi connectivity index (χ3v) is 8.38. The van der Waals surface area contributed by atoms with Crippen molar-refractivity contribution in [1.82, 2.24) is 0 Å². The number of Topliss-reactive ketones (excluding diaryl/α,β-unsaturated/α-hetero) is 1. The van der Waals surface area contributed by atoms with Gasteiger partial charge in [0.25, 0.3) is 0 Å². The van der Waals surface area contributed by atoms with E-state index >= 15 is 0 Å². The normalized spacial score (nSPS) is 52.9. The third kappa shape index (κ3) is 1.86. The van der Waals surface area contributed by atoms with Crippen molar-refractivity contribution in [2.75, 3.05) is 13.7 Å². The molecule has 0 aromatic carbocycles. The van der Waals surface area contributed by atoms with Gasteiger partial charge in [0, 0.05) is 42.6 Å². The molecule has 4 aliphatic carbocycles. The Morgan fingerprint density at radius 1 is 1.26 bits per heavy atom. The van der Waals surface area contributed by atoms with Crippen LogP contribution in [0.15, 0.2) is 23.3 Å². The molecule has 0 saturated heterocycles. The van der Waals surface area contributed by atoms with E-state index in [-0.39, 0.29) is 24.7 Å². The molecular weight excluding hydrogens is 348 g/mol. The number of ether oxygens (including phenoxy) is 1. The van der Waals surface area contributed by atoms with Crippen LogP contribution in [0.1, 0.15) is 34.1 Å². The quantitative estimate of drug-likeness (QED) is 0.524. The molecule has 8 unspecified atom stereocenters. The molecule has 6 nitrogen and oxygen atoms in total. The molecule has 0 spiro atoms. The molecule has 4 rings (SSSR count). The first-order valence-corrected chi connectivity index (χ1v) is 9.66. The summed E-state index contributed by atoms with van der Waals surface area (Å²) in [6.07, 6.45) is 2.64. The zero-order valence-electron chi connectivity index (χ0n) is 16.6. The molecule has 8 atom stereocenters. The summed E-state index contributed by atoms with van der Waals surface area (Å²) < 4.78 is 5.76. The Morgan fingerprint density at radius 3 is 2.44 bits per heavy atom. The van der Waals surface area contributed by atoms with Crippen LogP contribution in [0, 0.1) is 29.1 Å². The van der Waals surface area contributed by atoms with Gasteiger partial charge < -0.3 is 25.2 Å². The molecular formula is C21H30O6. The van der Waals surface area contributed by atoms with E-state index in [1.54, 1.807) is 19.9 Å². The number of fused-ring (bicyclic) bond motifs is 5. The molecule has 150 valence electrons. The molecule has 0 amide bonds. The predicted octanol–water partition coefficient (Wildman–Crippen LogP) is 0.584. The Morgan fingerprint density at radius 2 is 1.89 bits per heavy atom. The summed E-state index contributed by atoms with van der Waals surface area (Å²) >= 11 is 0. The Hall–Kier alpha value is -1.05. The highest BCUT2D eigenvalue weighted by atomic mass is 16.5. The minimum Gasteiger partial charge on any atom is -0.392 e. The summed E-state index contributed by atoms with van der Waals surface area (Å²) in [7, 11) is 1.46. The van der Waals surface area contributed by atoms with E-state index in [1.807, 2.05) is 19.9 Å². The first-order valence-electron chi connectivity index (χ1n) is 9.66. The van der Waals surface area contributed by atoms with Gasteiger partial charge in [-0.15, -0.1) is 0 Å². The number of hydrogen-bond donors (Lipinski definition) is 4. The van der Waals surface area contributed by atoms with E-state index in [4.69, 9.17) is 4.74 Å². The zero-order valence-corrected chi connectivity index (χ0v) is 16.6. The molecule has 2 saturated carbocycles. The molecule has 0 aromatic heterocycles. The number of carbonyl (C=O) groups excluding carboxylic acids is 1. The predicted molar refractivity (Wildman–Crippen MR) is 97.6 cm³/mol. The van der Waals surface area contributed by atoms with Crippen molar-refractivity contribution in [3.8, 4) is 0 Å².